The van der Waals surface area contributed by atoms with E-state index in [0.717, 1.165) is 31.3 Å². The van der Waals surface area contributed by atoms with E-state index in [1.807, 2.05) is 4.90 Å². The third-order valence-corrected chi connectivity index (χ3v) is 7.05. The molecule has 0 saturated carbocycles. The van der Waals surface area contributed by atoms with Crippen molar-refractivity contribution in [2.45, 2.75) is 26.6 Å². The van der Waals surface area contributed by atoms with Crippen LogP contribution >= 0.6 is 0 Å². The summed E-state index contributed by atoms with van der Waals surface area (Å²) in [5.74, 6) is 0.866. The summed E-state index contributed by atoms with van der Waals surface area (Å²) in [4.78, 5) is 25.6. The summed E-state index contributed by atoms with van der Waals surface area (Å²) in [7, 11) is 0. The first-order chi connectivity index (χ1) is 19.2. The van der Waals surface area contributed by atoms with Gasteiger partial charge in [0.05, 0.1) is 12.1 Å². The molecule has 0 spiro atoms. The highest BCUT2D eigenvalue weighted by atomic mass is 19.4. The van der Waals surface area contributed by atoms with Crippen molar-refractivity contribution in [3.8, 4) is 17.4 Å². The van der Waals surface area contributed by atoms with Gasteiger partial charge in [-0.05, 0) is 48.9 Å². The van der Waals surface area contributed by atoms with Crippen LogP contribution < -0.4 is 20.1 Å². The molecule has 0 atom stereocenters. The number of anilines is 2. The molecule has 212 valence electrons. The number of nitrogens with one attached hydrogen (secondary N) is 2. The number of likely N-dealkylation sites (N-methyl/N-ethyl adjacent to an activating group) is 1. The smallest absolute Gasteiger partial charge is 0.416 e. The highest BCUT2D eigenvalue weighted by Gasteiger charge is 2.34. The zero-order chi connectivity index (χ0) is 28.3. The molecule has 1 aromatic heterocycles. The highest BCUT2D eigenvalue weighted by molar-refractivity contribution is 6.04. The Balaban J connectivity index is 1.32. The van der Waals surface area contributed by atoms with Gasteiger partial charge in [-0.15, -0.1) is 0 Å². The lowest BCUT2D eigenvalue weighted by Gasteiger charge is -2.34. The molecule has 5 rings (SSSR count). The minimum Gasteiger partial charge on any atom is -0.483 e. The molecule has 2 aromatic carbocycles. The minimum absolute atomic E-state index is 0.0595. The molecule has 0 radical (unpaired) electrons. The van der Waals surface area contributed by atoms with Crippen molar-refractivity contribution in [1.29, 1.82) is 0 Å². The first-order valence-electron chi connectivity index (χ1n) is 13.2. The molecule has 2 aliphatic rings. The van der Waals surface area contributed by atoms with Crippen molar-refractivity contribution in [1.82, 2.24) is 19.8 Å². The molecular weight excluding hydrogens is 525 g/mol. The number of alkyl halides is 3. The van der Waals surface area contributed by atoms with Crippen molar-refractivity contribution >= 4 is 17.4 Å². The maximum Gasteiger partial charge on any atom is 0.416 e. The van der Waals surface area contributed by atoms with E-state index in [-0.39, 0.29) is 29.2 Å². The second-order valence-corrected chi connectivity index (χ2v) is 9.75. The summed E-state index contributed by atoms with van der Waals surface area (Å²) in [6, 6.07) is 8.75. The van der Waals surface area contributed by atoms with Gasteiger partial charge in [0.15, 0.2) is 5.82 Å². The van der Waals surface area contributed by atoms with Crippen molar-refractivity contribution < 1.29 is 27.4 Å². The van der Waals surface area contributed by atoms with Crippen LogP contribution in [-0.2, 0) is 12.7 Å². The normalized spacial score (nSPS) is 16.0. The number of halogens is 3. The molecule has 2 N–H and O–H groups in total. The lowest BCUT2D eigenvalue weighted by atomic mass is 10.0. The average molecular weight is 557 g/mol. The third kappa shape index (κ3) is 6.28. The summed E-state index contributed by atoms with van der Waals surface area (Å²) in [6.45, 7) is 9.12. The molecule has 1 fully saturated rings. The molecule has 3 heterocycles. The Morgan fingerprint density at radius 2 is 1.88 bits per heavy atom. The molecule has 9 nitrogen and oxygen atoms in total. The number of fused-ring (bicyclic) bond motifs is 1. The van der Waals surface area contributed by atoms with E-state index in [2.05, 4.69) is 32.4 Å². The summed E-state index contributed by atoms with van der Waals surface area (Å²) >= 11 is 0. The fourth-order valence-electron chi connectivity index (χ4n) is 4.73. The van der Waals surface area contributed by atoms with Crippen LogP contribution in [0.3, 0.4) is 0 Å². The minimum atomic E-state index is -4.56. The van der Waals surface area contributed by atoms with Crippen molar-refractivity contribution in [3.05, 3.63) is 65.0 Å². The highest BCUT2D eigenvalue weighted by Crippen LogP contribution is 2.38. The molecule has 1 amide bonds. The van der Waals surface area contributed by atoms with E-state index in [1.54, 1.807) is 19.1 Å². The van der Waals surface area contributed by atoms with Gasteiger partial charge in [0.2, 0.25) is 5.75 Å². The second-order valence-electron chi connectivity index (χ2n) is 9.75. The van der Waals surface area contributed by atoms with Gasteiger partial charge in [0, 0.05) is 44.0 Å². The van der Waals surface area contributed by atoms with Gasteiger partial charge >= 0.3 is 6.18 Å². The lowest BCUT2D eigenvalue weighted by molar-refractivity contribution is -0.138. The third-order valence-electron chi connectivity index (χ3n) is 7.05. The standard InChI is InChI=1S/C28H31F3N6O3/c1-3-36-9-11-37(12-10-36)16-20-6-7-21(15-22(20)28(29,30)31)35-26(38)19-5-4-18(2)23(14-19)40-27-24-25(33-17-34-27)32-8-13-39-24/h4-7,14-15,17H,3,8-13,16H2,1-2H3,(H,35,38)(H,32,33,34). The Bertz CT molecular complexity index is 1380. The summed E-state index contributed by atoms with van der Waals surface area (Å²) < 4.78 is 53.6. The van der Waals surface area contributed by atoms with Crippen molar-refractivity contribution in [2.75, 3.05) is 56.5 Å². The van der Waals surface area contributed by atoms with E-state index in [9.17, 15) is 18.0 Å². The number of amides is 1. The zero-order valence-corrected chi connectivity index (χ0v) is 22.3. The number of piperazine rings is 1. The molecular formula is C28H31F3N6O3. The topological polar surface area (TPSA) is 91.9 Å². The average Bonchev–Trinajstić information content (AvgIpc) is 2.95. The molecule has 0 unspecified atom stereocenters. The van der Waals surface area contributed by atoms with E-state index >= 15 is 0 Å². The first-order valence-corrected chi connectivity index (χ1v) is 13.2. The van der Waals surface area contributed by atoms with Gasteiger partial charge in [-0.25, -0.2) is 4.98 Å². The van der Waals surface area contributed by atoms with Crippen LogP contribution in [0.25, 0.3) is 0 Å². The lowest BCUT2D eigenvalue weighted by Crippen LogP contribution is -2.45. The summed E-state index contributed by atoms with van der Waals surface area (Å²) in [6.07, 6.45) is -3.21. The fourth-order valence-corrected chi connectivity index (χ4v) is 4.73. The van der Waals surface area contributed by atoms with Crippen molar-refractivity contribution in [2.24, 2.45) is 0 Å². The quantitative estimate of drug-likeness (QED) is 0.429. The molecule has 12 heteroatoms. The summed E-state index contributed by atoms with van der Waals surface area (Å²) in [5.41, 5.74) is 0.444. The first kappa shape index (κ1) is 27.7. The predicted molar refractivity (Wildman–Crippen MR) is 144 cm³/mol. The SMILES string of the molecule is CCN1CCN(Cc2ccc(NC(=O)c3ccc(C)c(Oc4ncnc5c4OCCN5)c3)cc2C(F)(F)F)CC1. The number of aryl methyl sites for hydroxylation is 1. The monoisotopic (exact) mass is 556 g/mol. The van der Waals surface area contributed by atoms with Crippen LogP contribution in [0.5, 0.6) is 17.4 Å². The number of nitrogens with zero attached hydrogens (tertiary/aromatic N) is 4. The number of ether oxygens (including phenoxy) is 2. The Morgan fingerprint density at radius 1 is 1.10 bits per heavy atom. The Morgan fingerprint density at radius 3 is 2.62 bits per heavy atom. The van der Waals surface area contributed by atoms with Crippen LogP contribution in [0.15, 0.2) is 42.7 Å². The van der Waals surface area contributed by atoms with Crippen LogP contribution in [0.4, 0.5) is 24.7 Å². The Labute approximate surface area is 230 Å². The maximum atomic E-state index is 14.0. The largest absolute Gasteiger partial charge is 0.483 e. The van der Waals surface area contributed by atoms with Crippen LogP contribution in [0.1, 0.15) is 34.0 Å². The fraction of sp³-hybridized carbons (Fsp3) is 0.393. The number of hydrogen-bond acceptors (Lipinski definition) is 8. The predicted octanol–water partition coefficient (Wildman–Crippen LogP) is 4.79. The molecule has 3 aromatic rings. The van der Waals surface area contributed by atoms with E-state index < -0.39 is 17.6 Å². The van der Waals surface area contributed by atoms with Gasteiger partial charge in [0.25, 0.3) is 11.8 Å². The van der Waals surface area contributed by atoms with Gasteiger partial charge in [-0.3, -0.25) is 9.69 Å². The number of aromatic nitrogens is 2. The second kappa shape index (κ2) is 11.7. The molecule has 0 bridgehead atoms. The molecule has 0 aliphatic carbocycles. The van der Waals surface area contributed by atoms with Crippen LogP contribution in [0, 0.1) is 6.92 Å². The van der Waals surface area contributed by atoms with E-state index in [0.29, 0.717) is 43.6 Å². The Hall–Kier alpha value is -3.90. The number of hydrogen-bond donors (Lipinski definition) is 2. The van der Waals surface area contributed by atoms with Gasteiger partial charge in [-0.1, -0.05) is 19.1 Å². The van der Waals surface area contributed by atoms with E-state index in [1.165, 1.54) is 24.5 Å². The van der Waals surface area contributed by atoms with Gasteiger partial charge in [-0.2, -0.15) is 18.2 Å². The Kier molecular flexibility index (Phi) is 8.08. The van der Waals surface area contributed by atoms with Crippen LogP contribution in [-0.4, -0.2) is 71.6 Å². The molecule has 40 heavy (non-hydrogen) atoms. The number of rotatable bonds is 7. The number of carbonyl (C=O) groups excluding carboxylic acids is 1. The number of benzene rings is 2. The van der Waals surface area contributed by atoms with Gasteiger partial charge < -0.3 is 25.0 Å². The van der Waals surface area contributed by atoms with Gasteiger partial charge in [0.1, 0.15) is 18.7 Å². The summed E-state index contributed by atoms with van der Waals surface area (Å²) in [5, 5.41) is 5.70. The molecule has 2 aliphatic heterocycles. The van der Waals surface area contributed by atoms with Crippen LogP contribution in [0.2, 0.25) is 0 Å². The maximum absolute atomic E-state index is 14.0. The molecule has 1 saturated heterocycles. The van der Waals surface area contributed by atoms with E-state index in [4.69, 9.17) is 9.47 Å². The zero-order valence-electron chi connectivity index (χ0n) is 22.3. The van der Waals surface area contributed by atoms with Crippen molar-refractivity contribution in [3.63, 3.8) is 0 Å². The number of carbonyl (C=O) groups is 1.